The van der Waals surface area contributed by atoms with E-state index in [9.17, 15) is 4.79 Å². The highest BCUT2D eigenvalue weighted by molar-refractivity contribution is 5.65. The van der Waals surface area contributed by atoms with Crippen molar-refractivity contribution in [3.63, 3.8) is 0 Å². The molecule has 0 spiro atoms. The van der Waals surface area contributed by atoms with Crippen molar-refractivity contribution >= 4 is 6.09 Å². The van der Waals surface area contributed by atoms with E-state index in [2.05, 4.69) is 0 Å². The van der Waals surface area contributed by atoms with E-state index in [4.69, 9.17) is 14.9 Å². The predicted octanol–water partition coefficient (Wildman–Crippen LogP) is 1.55. The van der Waals surface area contributed by atoms with Crippen molar-refractivity contribution in [2.75, 3.05) is 26.4 Å². The van der Waals surface area contributed by atoms with Crippen molar-refractivity contribution in [2.45, 2.75) is 39.2 Å². The van der Waals surface area contributed by atoms with E-state index in [0.717, 1.165) is 0 Å². The van der Waals surface area contributed by atoms with Crippen LogP contribution < -0.4 is 0 Å². The molecule has 5 heteroatoms. The van der Waals surface area contributed by atoms with Gasteiger partial charge in [-0.3, -0.25) is 0 Å². The van der Waals surface area contributed by atoms with Crippen molar-refractivity contribution < 1.29 is 19.7 Å². The van der Waals surface area contributed by atoms with E-state index >= 15 is 0 Å². The highest BCUT2D eigenvalue weighted by atomic mass is 16.5. The lowest BCUT2D eigenvalue weighted by molar-refractivity contribution is 0.0786. The Labute approximate surface area is 97.0 Å². The molecule has 0 atom stereocenters. The maximum absolute atomic E-state index is 11.0. The van der Waals surface area contributed by atoms with Gasteiger partial charge in [0.1, 0.15) is 0 Å². The van der Waals surface area contributed by atoms with Crippen LogP contribution in [-0.4, -0.2) is 53.1 Å². The number of hydrogen-bond acceptors (Lipinski definition) is 3. The predicted molar refractivity (Wildman–Crippen MR) is 61.6 cm³/mol. The largest absolute Gasteiger partial charge is 0.465 e. The fourth-order valence-corrected chi connectivity index (χ4v) is 1.31. The Morgan fingerprint density at radius 1 is 1.25 bits per heavy atom. The molecule has 5 nitrogen and oxygen atoms in total. The van der Waals surface area contributed by atoms with Crippen LogP contribution in [0.1, 0.15) is 33.6 Å². The van der Waals surface area contributed by atoms with Crippen molar-refractivity contribution in [2.24, 2.45) is 0 Å². The molecule has 96 valence electrons. The van der Waals surface area contributed by atoms with Gasteiger partial charge in [0.25, 0.3) is 0 Å². The molecule has 0 rings (SSSR count). The number of ether oxygens (including phenoxy) is 1. The van der Waals surface area contributed by atoms with Crippen LogP contribution in [0.15, 0.2) is 0 Å². The number of amides is 1. The molecule has 0 fully saturated rings. The van der Waals surface area contributed by atoms with E-state index in [0.29, 0.717) is 32.6 Å². The average Bonchev–Trinajstić information content (AvgIpc) is 2.13. The smallest absolute Gasteiger partial charge is 0.407 e. The minimum absolute atomic E-state index is 0.128. The van der Waals surface area contributed by atoms with Gasteiger partial charge in [0, 0.05) is 31.9 Å². The lowest BCUT2D eigenvalue weighted by atomic mass is 10.1. The molecule has 0 bridgehead atoms. The number of aliphatic hydroxyl groups excluding tert-OH is 1. The summed E-state index contributed by atoms with van der Waals surface area (Å²) >= 11 is 0. The molecular formula is C11H23NO4. The van der Waals surface area contributed by atoms with Gasteiger partial charge in [-0.25, -0.2) is 4.79 Å². The quantitative estimate of drug-likeness (QED) is 0.655. The van der Waals surface area contributed by atoms with Gasteiger partial charge in [-0.15, -0.1) is 0 Å². The van der Waals surface area contributed by atoms with Gasteiger partial charge in [-0.05, 0) is 33.6 Å². The maximum atomic E-state index is 11.0. The Balaban J connectivity index is 3.75. The Hall–Kier alpha value is -0.810. The number of carboxylic acid groups (broad SMARTS) is 1. The second kappa shape index (κ2) is 7.46. The molecule has 1 amide bonds. The standard InChI is InChI=1S/C11H23NO4/c1-11(2,3)12(10(14)15)6-4-8-16-9-5-7-13/h13H,4-9H2,1-3H3,(H,14,15). The second-order valence-corrected chi connectivity index (χ2v) is 4.65. The van der Waals surface area contributed by atoms with E-state index in [1.807, 2.05) is 20.8 Å². The molecule has 0 heterocycles. The van der Waals surface area contributed by atoms with E-state index in [1.165, 1.54) is 4.90 Å². The summed E-state index contributed by atoms with van der Waals surface area (Å²) in [5, 5.41) is 17.5. The second-order valence-electron chi connectivity index (χ2n) is 4.65. The van der Waals surface area contributed by atoms with Gasteiger partial charge in [-0.2, -0.15) is 0 Å². The SMILES string of the molecule is CC(C)(C)N(CCCOCCCO)C(=O)O. The van der Waals surface area contributed by atoms with Crippen LogP contribution in [0.2, 0.25) is 0 Å². The number of hydrogen-bond donors (Lipinski definition) is 2. The average molecular weight is 233 g/mol. The van der Waals surface area contributed by atoms with Gasteiger partial charge in [0.2, 0.25) is 0 Å². The van der Waals surface area contributed by atoms with Crippen LogP contribution in [0.3, 0.4) is 0 Å². The number of rotatable bonds is 7. The fraction of sp³-hybridized carbons (Fsp3) is 0.909. The zero-order chi connectivity index (χ0) is 12.6. The topological polar surface area (TPSA) is 70.0 Å². The van der Waals surface area contributed by atoms with Gasteiger partial charge in [0.05, 0.1) is 0 Å². The summed E-state index contributed by atoms with van der Waals surface area (Å²) in [6, 6.07) is 0. The summed E-state index contributed by atoms with van der Waals surface area (Å²) < 4.78 is 5.24. The van der Waals surface area contributed by atoms with Crippen LogP contribution in [0, 0.1) is 0 Å². The molecule has 0 aromatic rings. The summed E-state index contributed by atoms with van der Waals surface area (Å²) in [4.78, 5) is 12.4. The molecule has 0 aromatic heterocycles. The number of carbonyl (C=O) groups is 1. The van der Waals surface area contributed by atoms with Crippen molar-refractivity contribution in [1.82, 2.24) is 4.90 Å². The Bertz CT molecular complexity index is 201. The molecule has 2 N–H and O–H groups in total. The first kappa shape index (κ1) is 15.2. The maximum Gasteiger partial charge on any atom is 0.407 e. The van der Waals surface area contributed by atoms with E-state index < -0.39 is 6.09 Å². The van der Waals surface area contributed by atoms with Crippen LogP contribution in [-0.2, 0) is 4.74 Å². The minimum Gasteiger partial charge on any atom is -0.465 e. The summed E-state index contributed by atoms with van der Waals surface area (Å²) in [6.45, 7) is 7.26. The molecule has 0 aliphatic heterocycles. The fourth-order valence-electron chi connectivity index (χ4n) is 1.31. The lowest BCUT2D eigenvalue weighted by Crippen LogP contribution is -2.45. The van der Waals surface area contributed by atoms with Crippen LogP contribution in [0.5, 0.6) is 0 Å². The van der Waals surface area contributed by atoms with Crippen LogP contribution in [0.4, 0.5) is 4.79 Å². The molecule has 16 heavy (non-hydrogen) atoms. The number of aliphatic hydroxyl groups is 1. The van der Waals surface area contributed by atoms with Gasteiger partial charge < -0.3 is 19.8 Å². The van der Waals surface area contributed by atoms with Crippen molar-refractivity contribution in [1.29, 1.82) is 0 Å². The Morgan fingerprint density at radius 3 is 2.25 bits per heavy atom. The number of nitrogens with zero attached hydrogens (tertiary/aromatic N) is 1. The zero-order valence-corrected chi connectivity index (χ0v) is 10.4. The van der Waals surface area contributed by atoms with E-state index in [-0.39, 0.29) is 12.1 Å². The monoisotopic (exact) mass is 233 g/mol. The third-order valence-corrected chi connectivity index (χ3v) is 2.16. The van der Waals surface area contributed by atoms with Crippen LogP contribution in [0.25, 0.3) is 0 Å². The summed E-state index contributed by atoms with van der Waals surface area (Å²) in [6.07, 6.45) is 0.402. The van der Waals surface area contributed by atoms with E-state index in [1.54, 1.807) is 0 Å². The molecule has 0 aliphatic carbocycles. The first-order valence-corrected chi connectivity index (χ1v) is 5.58. The van der Waals surface area contributed by atoms with Gasteiger partial charge >= 0.3 is 6.09 Å². The molecular weight excluding hydrogens is 210 g/mol. The van der Waals surface area contributed by atoms with Crippen molar-refractivity contribution in [3.8, 4) is 0 Å². The Kier molecular flexibility index (Phi) is 7.08. The highest BCUT2D eigenvalue weighted by Gasteiger charge is 2.25. The molecule has 0 aromatic carbocycles. The molecule has 0 radical (unpaired) electrons. The first-order valence-electron chi connectivity index (χ1n) is 5.58. The lowest BCUT2D eigenvalue weighted by Gasteiger charge is -2.33. The molecule has 0 aliphatic rings. The third-order valence-electron chi connectivity index (χ3n) is 2.16. The normalized spacial score (nSPS) is 11.5. The zero-order valence-electron chi connectivity index (χ0n) is 10.4. The molecule has 0 unspecified atom stereocenters. The third kappa shape index (κ3) is 6.63. The summed E-state index contributed by atoms with van der Waals surface area (Å²) in [5.41, 5.74) is -0.378. The Morgan fingerprint density at radius 2 is 1.81 bits per heavy atom. The highest BCUT2D eigenvalue weighted by Crippen LogP contribution is 2.13. The minimum atomic E-state index is -0.900. The summed E-state index contributed by atoms with van der Waals surface area (Å²) in [5.74, 6) is 0. The first-order chi connectivity index (χ1) is 7.39. The summed E-state index contributed by atoms with van der Waals surface area (Å²) in [7, 11) is 0. The molecule has 0 saturated heterocycles. The van der Waals surface area contributed by atoms with Crippen molar-refractivity contribution in [3.05, 3.63) is 0 Å². The van der Waals surface area contributed by atoms with Crippen LogP contribution >= 0.6 is 0 Å². The van der Waals surface area contributed by atoms with Gasteiger partial charge in [-0.1, -0.05) is 0 Å². The molecule has 0 saturated carbocycles. The van der Waals surface area contributed by atoms with Gasteiger partial charge in [0.15, 0.2) is 0 Å².